The molecule has 2 aromatic rings. The van der Waals surface area contributed by atoms with Gasteiger partial charge in [-0.25, -0.2) is 9.97 Å². The van der Waals surface area contributed by atoms with Gasteiger partial charge in [-0.15, -0.1) is 11.8 Å². The standard InChI is InChI=1S/C18H23N5OS/c1-13-10-19-16-15(13)17(21-12-20-16)23-8-9-25-14(11-23)18(24)22-6-4-2-3-5-7-22/h10-12H,2-9H2,1H3,(H,19,20,21). The second-order valence-electron chi connectivity index (χ2n) is 6.63. The van der Waals surface area contributed by atoms with E-state index in [-0.39, 0.29) is 5.91 Å². The van der Waals surface area contributed by atoms with Gasteiger partial charge in [-0.1, -0.05) is 12.8 Å². The summed E-state index contributed by atoms with van der Waals surface area (Å²) in [5, 5.41) is 1.03. The average molecular weight is 357 g/mol. The van der Waals surface area contributed by atoms with Crippen LogP contribution < -0.4 is 4.90 Å². The van der Waals surface area contributed by atoms with Crippen LogP contribution >= 0.6 is 11.8 Å². The third kappa shape index (κ3) is 3.25. The van der Waals surface area contributed by atoms with E-state index >= 15 is 0 Å². The summed E-state index contributed by atoms with van der Waals surface area (Å²) in [6, 6.07) is 0. The zero-order chi connectivity index (χ0) is 17.2. The van der Waals surface area contributed by atoms with E-state index < -0.39 is 0 Å². The van der Waals surface area contributed by atoms with Gasteiger partial charge in [-0.2, -0.15) is 0 Å². The summed E-state index contributed by atoms with van der Waals surface area (Å²) in [6.07, 6.45) is 10.2. The Kier molecular flexibility index (Phi) is 4.65. The number of thioether (sulfide) groups is 1. The van der Waals surface area contributed by atoms with Gasteiger partial charge >= 0.3 is 0 Å². The third-order valence-electron chi connectivity index (χ3n) is 4.89. The minimum absolute atomic E-state index is 0.174. The number of aromatic amines is 1. The number of fused-ring (bicyclic) bond motifs is 1. The number of hydrogen-bond acceptors (Lipinski definition) is 5. The van der Waals surface area contributed by atoms with Crippen LogP contribution in [0.5, 0.6) is 0 Å². The quantitative estimate of drug-likeness (QED) is 0.895. The highest BCUT2D eigenvalue weighted by atomic mass is 32.2. The molecule has 0 spiro atoms. The van der Waals surface area contributed by atoms with Crippen molar-refractivity contribution in [3.05, 3.63) is 29.2 Å². The number of H-pyrrole nitrogens is 1. The second kappa shape index (κ2) is 7.07. The number of aromatic nitrogens is 3. The Morgan fingerprint density at radius 1 is 1.16 bits per heavy atom. The normalized spacial score (nSPS) is 19.0. The highest BCUT2D eigenvalue weighted by molar-refractivity contribution is 8.04. The maximum absolute atomic E-state index is 12.9. The largest absolute Gasteiger partial charge is 0.346 e. The van der Waals surface area contributed by atoms with Crippen molar-refractivity contribution in [2.24, 2.45) is 0 Å². The van der Waals surface area contributed by atoms with Crippen molar-refractivity contribution in [1.82, 2.24) is 19.9 Å². The minimum Gasteiger partial charge on any atom is -0.346 e. The maximum atomic E-state index is 12.9. The van der Waals surface area contributed by atoms with Crippen LogP contribution in [0.2, 0.25) is 0 Å². The summed E-state index contributed by atoms with van der Waals surface area (Å²) in [5.74, 6) is 1.94. The number of likely N-dealkylation sites (tertiary alicyclic amines) is 1. The summed E-state index contributed by atoms with van der Waals surface area (Å²) in [7, 11) is 0. The van der Waals surface area contributed by atoms with Gasteiger partial charge in [0, 0.05) is 37.8 Å². The van der Waals surface area contributed by atoms with Crippen LogP contribution in [0.4, 0.5) is 5.82 Å². The van der Waals surface area contributed by atoms with Gasteiger partial charge in [0.25, 0.3) is 5.91 Å². The molecule has 4 rings (SSSR count). The van der Waals surface area contributed by atoms with E-state index in [1.165, 1.54) is 12.8 Å². The molecule has 0 aliphatic carbocycles. The molecule has 0 radical (unpaired) electrons. The van der Waals surface area contributed by atoms with Crippen molar-refractivity contribution in [2.45, 2.75) is 32.6 Å². The Labute approximate surface area is 151 Å². The monoisotopic (exact) mass is 357 g/mol. The average Bonchev–Trinajstić information content (AvgIpc) is 2.87. The van der Waals surface area contributed by atoms with Gasteiger partial charge in [-0.05, 0) is 25.3 Å². The molecule has 2 aromatic heterocycles. The molecule has 6 nitrogen and oxygen atoms in total. The Morgan fingerprint density at radius 3 is 2.76 bits per heavy atom. The van der Waals surface area contributed by atoms with Crippen LogP contribution in [0, 0.1) is 6.92 Å². The van der Waals surface area contributed by atoms with E-state index in [0.717, 1.165) is 65.5 Å². The molecule has 2 aliphatic heterocycles. The number of amides is 1. The van der Waals surface area contributed by atoms with Gasteiger partial charge in [0.15, 0.2) is 0 Å². The summed E-state index contributed by atoms with van der Waals surface area (Å²) in [6.45, 7) is 4.66. The van der Waals surface area contributed by atoms with E-state index in [1.54, 1.807) is 18.1 Å². The number of nitrogens with one attached hydrogen (secondary N) is 1. The summed E-state index contributed by atoms with van der Waals surface area (Å²) < 4.78 is 0. The van der Waals surface area contributed by atoms with Crippen molar-refractivity contribution in [1.29, 1.82) is 0 Å². The molecule has 1 amide bonds. The number of hydrogen-bond donors (Lipinski definition) is 1. The lowest BCUT2D eigenvalue weighted by atomic mass is 10.2. The number of carbonyl (C=O) groups is 1. The first-order valence-corrected chi connectivity index (χ1v) is 9.92. The lowest BCUT2D eigenvalue weighted by Crippen LogP contribution is -2.35. The lowest BCUT2D eigenvalue weighted by molar-refractivity contribution is -0.126. The SMILES string of the molecule is Cc1c[nH]c2ncnc(N3C=C(C(=O)N4CCCCCC4)SCC3)c12. The van der Waals surface area contributed by atoms with Crippen molar-refractivity contribution >= 4 is 34.5 Å². The van der Waals surface area contributed by atoms with E-state index in [0.29, 0.717) is 0 Å². The maximum Gasteiger partial charge on any atom is 0.261 e. The van der Waals surface area contributed by atoms with Crippen LogP contribution in [0.1, 0.15) is 31.2 Å². The zero-order valence-electron chi connectivity index (χ0n) is 14.5. The predicted molar refractivity (Wildman–Crippen MR) is 102 cm³/mol. The number of aryl methyl sites for hydroxylation is 1. The van der Waals surface area contributed by atoms with E-state index in [4.69, 9.17) is 0 Å². The topological polar surface area (TPSA) is 65.1 Å². The van der Waals surface area contributed by atoms with Gasteiger partial charge in [-0.3, -0.25) is 4.79 Å². The fourth-order valence-corrected chi connectivity index (χ4v) is 4.49. The summed E-state index contributed by atoms with van der Waals surface area (Å²) in [4.78, 5) is 29.9. The molecule has 132 valence electrons. The molecule has 1 fully saturated rings. The molecular weight excluding hydrogens is 334 g/mol. The first-order chi connectivity index (χ1) is 12.2. The molecular formula is C18H23N5OS. The molecule has 0 bridgehead atoms. The zero-order valence-corrected chi connectivity index (χ0v) is 15.3. The minimum atomic E-state index is 0.174. The Hall–Kier alpha value is -2.02. The summed E-state index contributed by atoms with van der Waals surface area (Å²) in [5.41, 5.74) is 1.96. The molecule has 4 heterocycles. The second-order valence-corrected chi connectivity index (χ2v) is 7.77. The van der Waals surface area contributed by atoms with Crippen molar-refractivity contribution in [3.8, 4) is 0 Å². The van der Waals surface area contributed by atoms with E-state index in [9.17, 15) is 4.79 Å². The van der Waals surface area contributed by atoms with Crippen LogP contribution in [0.25, 0.3) is 11.0 Å². The van der Waals surface area contributed by atoms with E-state index in [2.05, 4.69) is 26.8 Å². The van der Waals surface area contributed by atoms with Crippen LogP contribution in [-0.2, 0) is 4.79 Å². The van der Waals surface area contributed by atoms with Crippen molar-refractivity contribution in [2.75, 3.05) is 30.3 Å². The fraction of sp³-hybridized carbons (Fsp3) is 0.500. The van der Waals surface area contributed by atoms with Gasteiger partial charge in [0.05, 0.1) is 10.3 Å². The Balaban J connectivity index is 1.63. The predicted octanol–water partition coefficient (Wildman–Crippen LogP) is 3.06. The molecule has 0 saturated carbocycles. The molecule has 1 saturated heterocycles. The molecule has 1 N–H and O–H groups in total. The number of anilines is 1. The number of carbonyl (C=O) groups excluding carboxylic acids is 1. The van der Waals surface area contributed by atoms with Gasteiger partial charge in [0.2, 0.25) is 0 Å². The van der Waals surface area contributed by atoms with Crippen molar-refractivity contribution in [3.63, 3.8) is 0 Å². The Bertz CT molecular complexity index is 807. The molecule has 0 unspecified atom stereocenters. The smallest absolute Gasteiger partial charge is 0.261 e. The summed E-state index contributed by atoms with van der Waals surface area (Å²) >= 11 is 1.66. The van der Waals surface area contributed by atoms with Gasteiger partial charge in [0.1, 0.15) is 17.8 Å². The highest BCUT2D eigenvalue weighted by Crippen LogP contribution is 2.31. The Morgan fingerprint density at radius 2 is 1.96 bits per heavy atom. The van der Waals surface area contributed by atoms with Crippen molar-refractivity contribution < 1.29 is 4.79 Å². The number of rotatable bonds is 2. The number of nitrogens with zero attached hydrogens (tertiary/aromatic N) is 4. The highest BCUT2D eigenvalue weighted by Gasteiger charge is 2.25. The molecule has 0 aromatic carbocycles. The van der Waals surface area contributed by atoms with E-state index in [1.807, 2.05) is 17.3 Å². The lowest BCUT2D eigenvalue weighted by Gasteiger charge is -2.28. The molecule has 7 heteroatoms. The molecule has 0 atom stereocenters. The van der Waals surface area contributed by atoms with Crippen LogP contribution in [0.3, 0.4) is 0 Å². The van der Waals surface area contributed by atoms with Gasteiger partial charge < -0.3 is 14.8 Å². The van der Waals surface area contributed by atoms with Crippen LogP contribution in [0.15, 0.2) is 23.6 Å². The first-order valence-electron chi connectivity index (χ1n) is 8.93. The third-order valence-corrected chi connectivity index (χ3v) is 5.86. The fourth-order valence-electron chi connectivity index (χ4n) is 3.53. The van der Waals surface area contributed by atoms with Crippen LogP contribution in [-0.4, -0.2) is 51.1 Å². The first kappa shape index (κ1) is 16.4. The molecule has 2 aliphatic rings. The molecule has 25 heavy (non-hydrogen) atoms.